The molecule has 9 nitrogen and oxygen atoms in total. The number of benzene rings is 1. The number of carboxylic acids is 2. The van der Waals surface area contributed by atoms with E-state index in [0.29, 0.717) is 11.6 Å². The first-order valence-electron chi connectivity index (χ1n) is 9.32. The zero-order chi connectivity index (χ0) is 21.3. The van der Waals surface area contributed by atoms with Gasteiger partial charge in [-0.25, -0.2) is 9.59 Å². The van der Waals surface area contributed by atoms with Crippen LogP contribution in [0.2, 0.25) is 0 Å². The minimum absolute atomic E-state index is 0.192. The zero-order valence-electron chi connectivity index (χ0n) is 16.3. The van der Waals surface area contributed by atoms with Crippen LogP contribution in [0.4, 0.5) is 11.5 Å². The molecule has 0 bridgehead atoms. The molecule has 0 saturated carbocycles. The molecule has 0 radical (unpaired) electrons. The van der Waals surface area contributed by atoms with E-state index >= 15 is 0 Å². The number of anilines is 2. The molecular formula is C20H24N4O5. The van der Waals surface area contributed by atoms with E-state index in [2.05, 4.69) is 28.6 Å². The summed E-state index contributed by atoms with van der Waals surface area (Å²) in [6.45, 7) is 7.93. The fourth-order valence-corrected chi connectivity index (χ4v) is 3.67. The van der Waals surface area contributed by atoms with Gasteiger partial charge in [0.25, 0.3) is 5.56 Å². The SMILES string of the molecule is CC(C)N1CCN(c2ccc(-c3c(C(=O)O)c(N)[nH]c(=O)c3C(=O)O)cc2)CC1. The molecule has 5 N–H and O–H groups in total. The van der Waals surface area contributed by atoms with Crippen molar-refractivity contribution in [2.45, 2.75) is 19.9 Å². The Bertz CT molecular complexity index is 989. The Kier molecular flexibility index (Phi) is 5.60. The highest BCUT2D eigenvalue weighted by atomic mass is 16.4. The van der Waals surface area contributed by atoms with Gasteiger partial charge >= 0.3 is 11.9 Å². The Morgan fingerprint density at radius 2 is 1.55 bits per heavy atom. The molecule has 1 aliphatic heterocycles. The van der Waals surface area contributed by atoms with Crippen molar-refractivity contribution in [1.29, 1.82) is 0 Å². The fraction of sp³-hybridized carbons (Fsp3) is 0.350. The third-order valence-corrected chi connectivity index (χ3v) is 5.24. The number of piperazine rings is 1. The second-order valence-electron chi connectivity index (χ2n) is 7.27. The van der Waals surface area contributed by atoms with Gasteiger partial charge in [0.15, 0.2) is 0 Å². The quantitative estimate of drug-likeness (QED) is 0.593. The van der Waals surface area contributed by atoms with Crippen molar-refractivity contribution in [1.82, 2.24) is 9.88 Å². The maximum Gasteiger partial charge on any atom is 0.342 e. The van der Waals surface area contributed by atoms with Crippen molar-refractivity contribution in [2.24, 2.45) is 0 Å². The lowest BCUT2D eigenvalue weighted by Crippen LogP contribution is -2.48. The predicted octanol–water partition coefficient (Wildman–Crippen LogP) is 1.55. The Morgan fingerprint density at radius 1 is 1.00 bits per heavy atom. The molecule has 29 heavy (non-hydrogen) atoms. The number of rotatable bonds is 5. The van der Waals surface area contributed by atoms with Gasteiger partial charge in [0.2, 0.25) is 0 Å². The highest BCUT2D eigenvalue weighted by molar-refractivity contribution is 6.07. The van der Waals surface area contributed by atoms with E-state index in [1.165, 1.54) is 0 Å². The molecule has 2 heterocycles. The van der Waals surface area contributed by atoms with Crippen molar-refractivity contribution in [3.05, 3.63) is 45.7 Å². The van der Waals surface area contributed by atoms with Gasteiger partial charge in [-0.15, -0.1) is 0 Å². The molecule has 3 rings (SSSR count). The van der Waals surface area contributed by atoms with Crippen molar-refractivity contribution >= 4 is 23.4 Å². The molecule has 1 aromatic carbocycles. The number of nitrogen functional groups attached to an aromatic ring is 1. The van der Waals surface area contributed by atoms with Crippen LogP contribution in [0.5, 0.6) is 0 Å². The molecule has 1 fully saturated rings. The van der Waals surface area contributed by atoms with Crippen LogP contribution in [0.25, 0.3) is 11.1 Å². The van der Waals surface area contributed by atoms with Crippen LogP contribution in [-0.4, -0.2) is 64.3 Å². The lowest BCUT2D eigenvalue weighted by Gasteiger charge is -2.38. The Morgan fingerprint density at radius 3 is 2.03 bits per heavy atom. The minimum Gasteiger partial charge on any atom is -0.478 e. The smallest absolute Gasteiger partial charge is 0.342 e. The molecule has 154 valence electrons. The van der Waals surface area contributed by atoms with Crippen molar-refractivity contribution in [2.75, 3.05) is 36.8 Å². The number of carbonyl (C=O) groups is 2. The molecular weight excluding hydrogens is 376 g/mol. The second kappa shape index (κ2) is 7.96. The molecule has 9 heteroatoms. The number of aromatic amines is 1. The van der Waals surface area contributed by atoms with Gasteiger partial charge in [-0.1, -0.05) is 12.1 Å². The normalized spacial score (nSPS) is 14.9. The summed E-state index contributed by atoms with van der Waals surface area (Å²) in [5.41, 5.74) is 4.72. The van der Waals surface area contributed by atoms with E-state index in [1.54, 1.807) is 24.3 Å². The number of aromatic carboxylic acids is 2. The highest BCUT2D eigenvalue weighted by Gasteiger charge is 2.27. The number of hydrogen-bond acceptors (Lipinski definition) is 6. The van der Waals surface area contributed by atoms with Crippen molar-refractivity contribution < 1.29 is 19.8 Å². The largest absolute Gasteiger partial charge is 0.478 e. The van der Waals surface area contributed by atoms with Gasteiger partial charge < -0.3 is 25.8 Å². The topological polar surface area (TPSA) is 140 Å². The van der Waals surface area contributed by atoms with Gasteiger partial charge in [0.1, 0.15) is 16.9 Å². The highest BCUT2D eigenvalue weighted by Crippen LogP contribution is 2.31. The molecule has 1 saturated heterocycles. The van der Waals surface area contributed by atoms with Crippen molar-refractivity contribution in [3.63, 3.8) is 0 Å². The van der Waals surface area contributed by atoms with Crippen molar-refractivity contribution in [3.8, 4) is 11.1 Å². The van der Waals surface area contributed by atoms with Crippen LogP contribution >= 0.6 is 0 Å². The number of nitrogens with one attached hydrogen (secondary N) is 1. The molecule has 1 aromatic heterocycles. The van der Waals surface area contributed by atoms with Gasteiger partial charge in [-0.2, -0.15) is 0 Å². The summed E-state index contributed by atoms with van der Waals surface area (Å²) in [6, 6.07) is 7.34. The molecule has 2 aromatic rings. The zero-order valence-corrected chi connectivity index (χ0v) is 16.3. The van der Waals surface area contributed by atoms with E-state index < -0.39 is 28.6 Å². The Balaban J connectivity index is 1.99. The predicted molar refractivity (Wildman–Crippen MR) is 110 cm³/mol. The van der Waals surface area contributed by atoms with Crippen LogP contribution in [-0.2, 0) is 0 Å². The molecule has 0 spiro atoms. The maximum absolute atomic E-state index is 12.1. The summed E-state index contributed by atoms with van der Waals surface area (Å²) in [5.74, 6) is -3.31. The first kappa shape index (κ1) is 20.4. The van der Waals surface area contributed by atoms with E-state index in [1.807, 2.05) is 0 Å². The standard InChI is InChI=1S/C20H24N4O5/c1-11(2)23-7-9-24(10-8-23)13-5-3-12(4-6-13)14-15(19(26)27)17(21)22-18(25)16(14)20(28)29/h3-6,11H,7-10H2,1-2H3,(H,26,27)(H,28,29)(H3,21,22,25). The molecule has 0 atom stereocenters. The van der Waals surface area contributed by atoms with Crippen LogP contribution in [0.15, 0.2) is 29.1 Å². The molecule has 0 aliphatic carbocycles. The summed E-state index contributed by atoms with van der Waals surface area (Å²) in [7, 11) is 0. The number of aromatic nitrogens is 1. The average molecular weight is 400 g/mol. The Hall–Kier alpha value is -3.33. The minimum atomic E-state index is -1.52. The Labute approximate surface area is 167 Å². The number of hydrogen-bond donors (Lipinski definition) is 4. The molecule has 0 amide bonds. The third-order valence-electron chi connectivity index (χ3n) is 5.24. The lowest BCUT2D eigenvalue weighted by atomic mass is 9.95. The number of nitrogens with two attached hydrogens (primary N) is 1. The summed E-state index contributed by atoms with van der Waals surface area (Å²) >= 11 is 0. The van der Waals surface area contributed by atoms with Gasteiger partial charge in [0.05, 0.1) is 0 Å². The summed E-state index contributed by atoms with van der Waals surface area (Å²) < 4.78 is 0. The summed E-state index contributed by atoms with van der Waals surface area (Å²) in [5, 5.41) is 19.0. The maximum atomic E-state index is 12.1. The first-order chi connectivity index (χ1) is 13.7. The average Bonchev–Trinajstić information content (AvgIpc) is 2.67. The number of pyridine rings is 1. The number of carboxylic acid groups (broad SMARTS) is 2. The first-order valence-corrected chi connectivity index (χ1v) is 9.32. The fourth-order valence-electron chi connectivity index (χ4n) is 3.67. The number of nitrogens with zero attached hydrogens (tertiary/aromatic N) is 2. The van der Waals surface area contributed by atoms with E-state index in [9.17, 15) is 24.6 Å². The number of H-pyrrole nitrogens is 1. The lowest BCUT2D eigenvalue weighted by molar-refractivity contribution is 0.0695. The van der Waals surface area contributed by atoms with Crippen LogP contribution < -0.4 is 16.2 Å². The summed E-state index contributed by atoms with van der Waals surface area (Å²) in [6.07, 6.45) is 0. The van der Waals surface area contributed by atoms with Gasteiger partial charge in [-0.3, -0.25) is 9.69 Å². The van der Waals surface area contributed by atoms with Crippen LogP contribution in [0.3, 0.4) is 0 Å². The van der Waals surface area contributed by atoms with E-state index in [4.69, 9.17) is 5.73 Å². The van der Waals surface area contributed by atoms with Gasteiger partial charge in [0, 0.05) is 43.5 Å². The van der Waals surface area contributed by atoms with Gasteiger partial charge in [-0.05, 0) is 31.5 Å². The summed E-state index contributed by atoms with van der Waals surface area (Å²) in [4.78, 5) is 42.2. The van der Waals surface area contributed by atoms with E-state index in [0.717, 1.165) is 31.9 Å². The monoisotopic (exact) mass is 400 g/mol. The van der Waals surface area contributed by atoms with Crippen LogP contribution in [0, 0.1) is 0 Å². The molecule has 0 unspecified atom stereocenters. The van der Waals surface area contributed by atoms with Crippen LogP contribution in [0.1, 0.15) is 34.6 Å². The third kappa shape index (κ3) is 3.95. The van der Waals surface area contributed by atoms with E-state index in [-0.39, 0.29) is 11.4 Å². The second-order valence-corrected chi connectivity index (χ2v) is 7.27. The molecule has 1 aliphatic rings.